The van der Waals surface area contributed by atoms with Crippen molar-refractivity contribution in [3.8, 4) is 10.6 Å². The van der Waals surface area contributed by atoms with Crippen molar-refractivity contribution in [2.24, 2.45) is 0 Å². The summed E-state index contributed by atoms with van der Waals surface area (Å²) in [5.74, 6) is 0.638. The highest BCUT2D eigenvalue weighted by Crippen LogP contribution is 2.46. The van der Waals surface area contributed by atoms with Gasteiger partial charge < -0.3 is 15.0 Å². The summed E-state index contributed by atoms with van der Waals surface area (Å²) in [6.45, 7) is 15.3. The summed E-state index contributed by atoms with van der Waals surface area (Å²) in [4.78, 5) is 33.6. The maximum atomic E-state index is 13.4. The van der Waals surface area contributed by atoms with Gasteiger partial charge in [-0.3, -0.25) is 14.7 Å². The summed E-state index contributed by atoms with van der Waals surface area (Å²) in [5.41, 5.74) is 5.25. The van der Waals surface area contributed by atoms with E-state index in [-0.39, 0.29) is 11.4 Å². The van der Waals surface area contributed by atoms with Gasteiger partial charge in [0.2, 0.25) is 5.95 Å². The van der Waals surface area contributed by atoms with E-state index in [1.165, 1.54) is 0 Å². The van der Waals surface area contributed by atoms with Crippen LogP contribution in [0.25, 0.3) is 10.6 Å². The second-order valence-corrected chi connectivity index (χ2v) is 10.8. The third kappa shape index (κ3) is 4.44. The van der Waals surface area contributed by atoms with Gasteiger partial charge in [-0.2, -0.15) is 0 Å². The van der Waals surface area contributed by atoms with Gasteiger partial charge in [-0.15, -0.1) is 11.3 Å². The van der Waals surface area contributed by atoms with Crippen LogP contribution in [0.3, 0.4) is 0 Å². The van der Waals surface area contributed by atoms with Crippen molar-refractivity contribution in [1.82, 2.24) is 24.8 Å². The Morgan fingerprint density at radius 1 is 1.14 bits per heavy atom. The number of nitrogens with zero attached hydrogens (tertiary/aromatic N) is 5. The monoisotopic (exact) mass is 492 g/mol. The Kier molecular flexibility index (Phi) is 6.33. The van der Waals surface area contributed by atoms with E-state index in [1.54, 1.807) is 17.5 Å². The van der Waals surface area contributed by atoms with Gasteiger partial charge >= 0.3 is 0 Å². The third-order valence-electron chi connectivity index (χ3n) is 7.09. The van der Waals surface area contributed by atoms with E-state index in [0.717, 1.165) is 76.4 Å². The van der Waals surface area contributed by atoms with Gasteiger partial charge in [-0.1, -0.05) is 0 Å². The Bertz CT molecular complexity index is 1260. The van der Waals surface area contributed by atoms with Crippen LogP contribution in [0.4, 0.5) is 11.6 Å². The van der Waals surface area contributed by atoms with Crippen LogP contribution in [0.2, 0.25) is 0 Å². The van der Waals surface area contributed by atoms with Crippen molar-refractivity contribution in [3.63, 3.8) is 0 Å². The van der Waals surface area contributed by atoms with Crippen LogP contribution in [-0.2, 0) is 10.3 Å². The summed E-state index contributed by atoms with van der Waals surface area (Å²) >= 11 is 1.66. The van der Waals surface area contributed by atoms with Crippen LogP contribution in [-0.4, -0.2) is 70.1 Å². The summed E-state index contributed by atoms with van der Waals surface area (Å²) < 4.78 is 5.45. The number of carbonyl (C=O) groups is 1. The molecular weight excluding hydrogens is 460 g/mol. The summed E-state index contributed by atoms with van der Waals surface area (Å²) in [6, 6.07) is 3.94. The Hall–Kier alpha value is -2.88. The Balaban J connectivity index is 1.39. The number of carbonyl (C=O) groups excluding carboxylic acids is 1. The first-order valence-corrected chi connectivity index (χ1v) is 12.9. The van der Waals surface area contributed by atoms with Crippen molar-refractivity contribution >= 4 is 28.9 Å². The van der Waals surface area contributed by atoms with Gasteiger partial charge in [0.15, 0.2) is 0 Å². The average molecular weight is 493 g/mol. The van der Waals surface area contributed by atoms with E-state index < -0.39 is 0 Å². The first-order chi connectivity index (χ1) is 16.8. The van der Waals surface area contributed by atoms with E-state index in [1.807, 2.05) is 44.0 Å². The zero-order valence-electron chi connectivity index (χ0n) is 21.0. The van der Waals surface area contributed by atoms with E-state index in [2.05, 4.69) is 34.0 Å². The molecule has 5 rings (SSSR count). The minimum absolute atomic E-state index is 0.105. The van der Waals surface area contributed by atoms with E-state index in [4.69, 9.17) is 9.72 Å². The molecule has 1 amide bonds. The number of pyridine rings is 1. The van der Waals surface area contributed by atoms with Crippen molar-refractivity contribution in [2.45, 2.75) is 40.2 Å². The summed E-state index contributed by atoms with van der Waals surface area (Å²) in [6.07, 6.45) is 3.61. The Morgan fingerprint density at radius 2 is 1.91 bits per heavy atom. The molecule has 2 aliphatic rings. The number of aryl methyl sites for hydroxylation is 2. The average Bonchev–Trinajstić information content (AvgIpc) is 3.36. The van der Waals surface area contributed by atoms with Crippen LogP contribution in [0.15, 0.2) is 24.5 Å². The van der Waals surface area contributed by atoms with Gasteiger partial charge in [-0.05, 0) is 57.9 Å². The van der Waals surface area contributed by atoms with Gasteiger partial charge in [0, 0.05) is 54.8 Å². The molecule has 3 aromatic rings. The lowest BCUT2D eigenvalue weighted by Gasteiger charge is -2.35. The topological polar surface area (TPSA) is 83.5 Å². The minimum atomic E-state index is -0.352. The van der Waals surface area contributed by atoms with Gasteiger partial charge in [-0.25, -0.2) is 9.97 Å². The SMILES string of the molecule is Cc1cnc(Nc2ccnc(C)c2C)nc1-c1cc2c(s1)C(C)(C)N(CCN1CCOCC1)C2=O. The summed E-state index contributed by atoms with van der Waals surface area (Å²) in [5, 5.41) is 3.33. The zero-order chi connectivity index (χ0) is 24.7. The molecule has 2 aliphatic heterocycles. The number of hydrogen-bond acceptors (Lipinski definition) is 8. The number of thiophene rings is 1. The second kappa shape index (κ2) is 9.29. The Labute approximate surface area is 210 Å². The van der Waals surface area contributed by atoms with E-state index in [9.17, 15) is 4.79 Å². The number of morpholine rings is 1. The molecule has 0 aliphatic carbocycles. The molecule has 0 unspecified atom stereocenters. The molecule has 9 heteroatoms. The molecule has 1 saturated heterocycles. The predicted molar refractivity (Wildman–Crippen MR) is 138 cm³/mol. The number of aromatic nitrogens is 3. The van der Waals surface area contributed by atoms with E-state index >= 15 is 0 Å². The first kappa shape index (κ1) is 23.8. The number of hydrogen-bond donors (Lipinski definition) is 1. The van der Waals surface area contributed by atoms with Crippen LogP contribution in [0.5, 0.6) is 0 Å². The van der Waals surface area contributed by atoms with Crippen LogP contribution in [0, 0.1) is 20.8 Å². The molecule has 0 spiro atoms. The zero-order valence-corrected chi connectivity index (χ0v) is 21.8. The van der Waals surface area contributed by atoms with Gasteiger partial charge in [0.25, 0.3) is 5.91 Å². The maximum absolute atomic E-state index is 13.4. The maximum Gasteiger partial charge on any atom is 0.255 e. The lowest BCUT2D eigenvalue weighted by atomic mass is 10.0. The van der Waals surface area contributed by atoms with Gasteiger partial charge in [0.05, 0.1) is 34.9 Å². The first-order valence-electron chi connectivity index (χ1n) is 12.1. The van der Waals surface area contributed by atoms with E-state index in [0.29, 0.717) is 12.5 Å². The molecule has 0 bridgehead atoms. The lowest BCUT2D eigenvalue weighted by Crippen LogP contribution is -2.46. The molecule has 0 atom stereocenters. The molecular formula is C26H32N6O2S. The fraction of sp³-hybridized carbons (Fsp3) is 0.462. The quantitative estimate of drug-likeness (QED) is 0.549. The molecule has 5 heterocycles. The van der Waals surface area contributed by atoms with Crippen LogP contribution >= 0.6 is 11.3 Å². The number of fused-ring (bicyclic) bond motifs is 1. The molecule has 184 valence electrons. The van der Waals surface area contributed by atoms with Crippen molar-refractivity contribution in [1.29, 1.82) is 0 Å². The van der Waals surface area contributed by atoms with Gasteiger partial charge in [0.1, 0.15) is 0 Å². The normalized spacial score (nSPS) is 17.6. The standard InChI is InChI=1S/C26H32N6O2S/c1-16-15-28-25(29-20-6-7-27-18(3)17(20)2)30-22(16)21-14-19-23(35-21)26(4,5)32(24(19)33)9-8-31-10-12-34-13-11-31/h6-7,14-15H,8-13H2,1-5H3,(H,27,28,29,30). The minimum Gasteiger partial charge on any atom is -0.379 e. The molecule has 0 aromatic carbocycles. The van der Waals surface area contributed by atoms with Crippen LogP contribution < -0.4 is 5.32 Å². The molecule has 35 heavy (non-hydrogen) atoms. The largest absolute Gasteiger partial charge is 0.379 e. The Morgan fingerprint density at radius 3 is 2.66 bits per heavy atom. The second-order valence-electron chi connectivity index (χ2n) is 9.74. The number of ether oxygens (including phenoxy) is 1. The number of anilines is 2. The molecule has 1 fully saturated rings. The van der Waals surface area contributed by atoms with Crippen molar-refractivity contribution in [3.05, 3.63) is 51.8 Å². The highest BCUT2D eigenvalue weighted by atomic mass is 32.1. The molecule has 1 N–H and O–H groups in total. The number of amides is 1. The lowest BCUT2D eigenvalue weighted by molar-refractivity contribution is 0.0263. The number of rotatable bonds is 6. The summed E-state index contributed by atoms with van der Waals surface area (Å²) in [7, 11) is 0. The highest BCUT2D eigenvalue weighted by Gasteiger charge is 2.45. The van der Waals surface area contributed by atoms with Crippen molar-refractivity contribution in [2.75, 3.05) is 44.7 Å². The van der Waals surface area contributed by atoms with Crippen molar-refractivity contribution < 1.29 is 9.53 Å². The van der Waals surface area contributed by atoms with Crippen LogP contribution in [0.1, 0.15) is 45.9 Å². The predicted octanol–water partition coefficient (Wildman–Crippen LogP) is 4.29. The smallest absolute Gasteiger partial charge is 0.255 e. The highest BCUT2D eigenvalue weighted by molar-refractivity contribution is 7.16. The molecule has 3 aromatic heterocycles. The molecule has 8 nitrogen and oxygen atoms in total. The number of nitrogens with one attached hydrogen (secondary N) is 1. The fourth-order valence-corrected chi connectivity index (χ4v) is 6.05. The third-order valence-corrected chi connectivity index (χ3v) is 8.54. The fourth-order valence-electron chi connectivity index (χ4n) is 4.74. The molecule has 0 radical (unpaired) electrons. The molecule has 0 saturated carbocycles.